The van der Waals surface area contributed by atoms with Crippen LogP contribution in [-0.2, 0) is 19.1 Å². The molecule has 4 N–H and O–H groups in total. The highest BCUT2D eigenvalue weighted by Gasteiger charge is 2.36. The lowest BCUT2D eigenvalue weighted by molar-refractivity contribution is -0.143. The fraction of sp³-hybridized carbons (Fsp3) is 0.600. The van der Waals surface area contributed by atoms with Gasteiger partial charge in [0.05, 0.1) is 6.42 Å². The monoisotopic (exact) mass is 476 g/mol. The number of nitrogens with zero attached hydrogens (tertiary/aromatic N) is 1. The highest BCUT2D eigenvalue weighted by molar-refractivity contribution is 5.94. The number of likely N-dealkylation sites (N-methyl/N-ethyl adjacent to an activating group) is 1. The van der Waals surface area contributed by atoms with Crippen molar-refractivity contribution in [2.24, 2.45) is 5.73 Å². The summed E-state index contributed by atoms with van der Waals surface area (Å²) >= 11 is 0. The summed E-state index contributed by atoms with van der Waals surface area (Å²) in [6, 6.07) is 3.37. The Balaban J connectivity index is 3.36. The maximum Gasteiger partial charge on any atom is 0.408 e. The molecule has 1 aromatic carbocycles. The van der Waals surface area contributed by atoms with Gasteiger partial charge in [-0.3, -0.25) is 14.4 Å². The van der Waals surface area contributed by atoms with Gasteiger partial charge in [0.1, 0.15) is 17.7 Å². The van der Waals surface area contributed by atoms with Crippen LogP contribution < -0.4 is 16.4 Å². The first-order chi connectivity index (χ1) is 15.8. The quantitative estimate of drug-likeness (QED) is 0.423. The van der Waals surface area contributed by atoms with Gasteiger partial charge in [-0.15, -0.1) is 0 Å². The molecule has 0 bridgehead atoms. The molecule has 0 aliphatic heterocycles. The van der Waals surface area contributed by atoms with Crippen molar-refractivity contribution in [2.45, 2.75) is 85.4 Å². The van der Waals surface area contributed by atoms with Crippen LogP contribution in [0.3, 0.4) is 0 Å². The maximum absolute atomic E-state index is 13.6. The van der Waals surface area contributed by atoms with Crippen LogP contribution in [0.25, 0.3) is 0 Å². The number of primary amides is 1. The molecule has 9 heteroatoms. The molecule has 9 nitrogen and oxygen atoms in total. The fourth-order valence-electron chi connectivity index (χ4n) is 3.41. The SMILES string of the molecule is CCCCNC(=O)C(c1ccc(C)c(C)c1)N(CC)C(=O)C(CC(N)=O)NC(=O)OC(C)(C)C. The van der Waals surface area contributed by atoms with E-state index in [-0.39, 0.29) is 12.5 Å². The first kappa shape index (κ1) is 28.9. The molecule has 0 aliphatic rings. The molecular weight excluding hydrogens is 436 g/mol. The molecule has 4 amide bonds. The van der Waals surface area contributed by atoms with Crippen LogP contribution >= 0.6 is 0 Å². The van der Waals surface area contributed by atoms with E-state index in [1.54, 1.807) is 27.7 Å². The Morgan fingerprint density at radius 1 is 1.09 bits per heavy atom. The standard InChI is InChI=1S/C25H40N4O5/c1-8-10-13-27-22(31)21(18-12-11-16(3)17(4)14-18)29(9-2)23(32)19(15-20(26)30)28-24(33)34-25(5,6)7/h11-12,14,19,21H,8-10,13,15H2,1-7H3,(H2,26,30)(H,27,31)(H,28,33). The first-order valence-corrected chi connectivity index (χ1v) is 11.7. The lowest BCUT2D eigenvalue weighted by Crippen LogP contribution is -2.54. The van der Waals surface area contributed by atoms with Crippen molar-refractivity contribution >= 4 is 23.8 Å². The minimum atomic E-state index is -1.27. The van der Waals surface area contributed by atoms with Crippen LogP contribution in [0, 0.1) is 13.8 Å². The van der Waals surface area contributed by atoms with Crippen LogP contribution in [0.5, 0.6) is 0 Å². The summed E-state index contributed by atoms with van der Waals surface area (Å²) < 4.78 is 5.25. The Hall–Kier alpha value is -3.10. The molecule has 0 radical (unpaired) electrons. The molecule has 2 atom stereocenters. The molecule has 0 heterocycles. The van der Waals surface area contributed by atoms with E-state index in [0.29, 0.717) is 12.1 Å². The van der Waals surface area contributed by atoms with Crippen LogP contribution in [0.2, 0.25) is 0 Å². The molecule has 0 spiro atoms. The van der Waals surface area contributed by atoms with Crippen molar-refractivity contribution in [2.75, 3.05) is 13.1 Å². The topological polar surface area (TPSA) is 131 Å². The Bertz CT molecular complexity index is 879. The van der Waals surface area contributed by atoms with Gasteiger partial charge in [-0.05, 0) is 64.7 Å². The molecule has 0 aromatic heterocycles. The van der Waals surface area contributed by atoms with E-state index < -0.39 is 42.0 Å². The molecule has 0 saturated carbocycles. The van der Waals surface area contributed by atoms with Crippen molar-refractivity contribution in [3.8, 4) is 0 Å². The van der Waals surface area contributed by atoms with E-state index in [0.717, 1.165) is 24.0 Å². The number of hydrogen-bond acceptors (Lipinski definition) is 5. The summed E-state index contributed by atoms with van der Waals surface area (Å²) in [6.45, 7) is 13.4. The summed E-state index contributed by atoms with van der Waals surface area (Å²) in [5.74, 6) is -1.69. The van der Waals surface area contributed by atoms with Crippen molar-refractivity contribution in [3.63, 3.8) is 0 Å². The van der Waals surface area contributed by atoms with E-state index in [4.69, 9.17) is 10.5 Å². The zero-order chi connectivity index (χ0) is 26.1. The largest absolute Gasteiger partial charge is 0.444 e. The van der Waals surface area contributed by atoms with E-state index >= 15 is 0 Å². The number of unbranched alkanes of at least 4 members (excludes halogenated alkanes) is 1. The average Bonchev–Trinajstić information content (AvgIpc) is 2.71. The zero-order valence-corrected chi connectivity index (χ0v) is 21.5. The first-order valence-electron chi connectivity index (χ1n) is 11.7. The molecular formula is C25H40N4O5. The van der Waals surface area contributed by atoms with Gasteiger partial charge in [-0.1, -0.05) is 31.5 Å². The fourth-order valence-corrected chi connectivity index (χ4v) is 3.41. The molecule has 0 saturated heterocycles. The maximum atomic E-state index is 13.6. The number of carbonyl (C=O) groups excluding carboxylic acids is 4. The van der Waals surface area contributed by atoms with E-state index in [1.165, 1.54) is 4.90 Å². The Morgan fingerprint density at radius 2 is 1.74 bits per heavy atom. The molecule has 0 aliphatic carbocycles. The number of benzene rings is 1. The number of nitrogens with one attached hydrogen (secondary N) is 2. The normalized spacial score (nSPS) is 12.9. The van der Waals surface area contributed by atoms with Gasteiger partial charge in [-0.25, -0.2) is 4.79 Å². The van der Waals surface area contributed by atoms with Crippen LogP contribution in [0.4, 0.5) is 4.79 Å². The molecule has 0 fully saturated rings. The lowest BCUT2D eigenvalue weighted by Gasteiger charge is -2.33. The molecule has 1 rings (SSSR count). The number of ether oxygens (including phenoxy) is 1. The Kier molecular flexibility index (Phi) is 11.0. The highest BCUT2D eigenvalue weighted by Crippen LogP contribution is 2.25. The minimum Gasteiger partial charge on any atom is -0.444 e. The smallest absolute Gasteiger partial charge is 0.408 e. The number of hydrogen-bond donors (Lipinski definition) is 3. The summed E-state index contributed by atoms with van der Waals surface area (Å²) in [7, 11) is 0. The second kappa shape index (κ2) is 13.0. The summed E-state index contributed by atoms with van der Waals surface area (Å²) in [4.78, 5) is 52.3. The minimum absolute atomic E-state index is 0.170. The Morgan fingerprint density at radius 3 is 2.24 bits per heavy atom. The number of alkyl carbamates (subject to hydrolysis) is 1. The van der Waals surface area contributed by atoms with Gasteiger partial charge >= 0.3 is 6.09 Å². The molecule has 2 unspecified atom stereocenters. The number of nitrogens with two attached hydrogens (primary N) is 1. The van der Waals surface area contributed by atoms with Crippen LogP contribution in [0.1, 0.15) is 76.6 Å². The number of amides is 4. The van der Waals surface area contributed by atoms with Gasteiger partial charge < -0.3 is 26.0 Å². The summed E-state index contributed by atoms with van der Waals surface area (Å²) in [5, 5.41) is 5.35. The third-order valence-corrected chi connectivity index (χ3v) is 5.25. The number of carbonyl (C=O) groups is 4. The van der Waals surface area contributed by atoms with E-state index in [1.807, 2.05) is 39.0 Å². The molecule has 1 aromatic rings. The number of rotatable bonds is 11. The zero-order valence-electron chi connectivity index (χ0n) is 21.5. The number of aryl methyl sites for hydroxylation is 2. The average molecular weight is 477 g/mol. The third-order valence-electron chi connectivity index (χ3n) is 5.25. The van der Waals surface area contributed by atoms with Gasteiger partial charge in [0.25, 0.3) is 0 Å². The second-order valence-corrected chi connectivity index (χ2v) is 9.38. The molecule has 190 valence electrons. The van der Waals surface area contributed by atoms with Crippen molar-refractivity contribution in [1.29, 1.82) is 0 Å². The molecule has 34 heavy (non-hydrogen) atoms. The van der Waals surface area contributed by atoms with Gasteiger partial charge in [0.15, 0.2) is 0 Å². The van der Waals surface area contributed by atoms with Crippen molar-refractivity contribution < 1.29 is 23.9 Å². The summed E-state index contributed by atoms with van der Waals surface area (Å²) in [5.41, 5.74) is 7.24. The summed E-state index contributed by atoms with van der Waals surface area (Å²) in [6.07, 6.45) is 0.436. The predicted molar refractivity (Wildman–Crippen MR) is 131 cm³/mol. The van der Waals surface area contributed by atoms with Crippen molar-refractivity contribution in [1.82, 2.24) is 15.5 Å². The third kappa shape index (κ3) is 9.03. The van der Waals surface area contributed by atoms with E-state index in [2.05, 4.69) is 10.6 Å². The van der Waals surface area contributed by atoms with Crippen LogP contribution in [-0.4, -0.2) is 53.4 Å². The highest BCUT2D eigenvalue weighted by atomic mass is 16.6. The van der Waals surface area contributed by atoms with Crippen LogP contribution in [0.15, 0.2) is 18.2 Å². The Labute approximate surface area is 202 Å². The van der Waals surface area contributed by atoms with Gasteiger partial charge in [-0.2, -0.15) is 0 Å². The lowest BCUT2D eigenvalue weighted by atomic mass is 9.98. The van der Waals surface area contributed by atoms with Crippen molar-refractivity contribution in [3.05, 3.63) is 34.9 Å². The van der Waals surface area contributed by atoms with E-state index in [9.17, 15) is 19.2 Å². The second-order valence-electron chi connectivity index (χ2n) is 9.38. The van der Waals surface area contributed by atoms with Gasteiger partial charge in [0, 0.05) is 13.1 Å². The van der Waals surface area contributed by atoms with Gasteiger partial charge in [0.2, 0.25) is 17.7 Å². The predicted octanol–water partition coefficient (Wildman–Crippen LogP) is 2.88.